The molecule has 1 aliphatic heterocycles. The van der Waals surface area contributed by atoms with E-state index in [1.165, 1.54) is 18.6 Å². The lowest BCUT2D eigenvalue weighted by Gasteiger charge is -2.19. The SMILES string of the molecule is CC1CCCCC(=NCc2ccc(F)cc2F)Nc2ccccc2NCC1. The first kappa shape index (κ1) is 19.3. The van der Waals surface area contributed by atoms with Crippen LogP contribution in [0.25, 0.3) is 0 Å². The molecule has 144 valence electrons. The van der Waals surface area contributed by atoms with Crippen LogP contribution in [0.3, 0.4) is 0 Å². The van der Waals surface area contributed by atoms with Crippen molar-refractivity contribution in [2.24, 2.45) is 10.9 Å². The maximum absolute atomic E-state index is 13.9. The number of nitrogens with zero attached hydrogens (tertiary/aromatic N) is 1. The summed E-state index contributed by atoms with van der Waals surface area (Å²) < 4.78 is 27.0. The van der Waals surface area contributed by atoms with Crippen LogP contribution >= 0.6 is 0 Å². The molecule has 0 aliphatic carbocycles. The molecule has 2 aromatic carbocycles. The summed E-state index contributed by atoms with van der Waals surface area (Å²) in [6.07, 6.45) is 5.35. The van der Waals surface area contributed by atoms with Crippen LogP contribution in [0.4, 0.5) is 20.2 Å². The molecular weight excluding hydrogens is 344 g/mol. The van der Waals surface area contributed by atoms with Crippen molar-refractivity contribution in [3.05, 3.63) is 59.7 Å². The average molecular weight is 371 g/mol. The third kappa shape index (κ3) is 5.78. The highest BCUT2D eigenvalue weighted by atomic mass is 19.1. The molecule has 0 saturated carbocycles. The molecule has 0 aromatic heterocycles. The summed E-state index contributed by atoms with van der Waals surface area (Å²) in [6, 6.07) is 11.7. The highest BCUT2D eigenvalue weighted by Crippen LogP contribution is 2.24. The molecule has 1 aliphatic rings. The van der Waals surface area contributed by atoms with Crippen molar-refractivity contribution < 1.29 is 8.78 Å². The van der Waals surface area contributed by atoms with Gasteiger partial charge in [-0.25, -0.2) is 8.78 Å². The van der Waals surface area contributed by atoms with Gasteiger partial charge in [0.25, 0.3) is 0 Å². The Morgan fingerprint density at radius 1 is 1.04 bits per heavy atom. The fourth-order valence-corrected chi connectivity index (χ4v) is 3.30. The van der Waals surface area contributed by atoms with Crippen LogP contribution in [0.15, 0.2) is 47.5 Å². The molecule has 1 unspecified atom stereocenters. The molecule has 0 spiro atoms. The van der Waals surface area contributed by atoms with Gasteiger partial charge in [-0.1, -0.05) is 38.0 Å². The van der Waals surface area contributed by atoms with E-state index in [0.717, 1.165) is 55.5 Å². The van der Waals surface area contributed by atoms with Crippen molar-refractivity contribution in [3.63, 3.8) is 0 Å². The van der Waals surface area contributed by atoms with Crippen molar-refractivity contribution >= 4 is 17.2 Å². The molecule has 0 bridgehead atoms. The van der Waals surface area contributed by atoms with E-state index in [9.17, 15) is 8.78 Å². The molecule has 3 rings (SSSR count). The first-order valence-corrected chi connectivity index (χ1v) is 9.69. The number of rotatable bonds is 2. The first-order chi connectivity index (χ1) is 13.1. The smallest absolute Gasteiger partial charge is 0.131 e. The van der Waals surface area contributed by atoms with Crippen molar-refractivity contribution in [2.75, 3.05) is 17.2 Å². The van der Waals surface area contributed by atoms with Crippen molar-refractivity contribution in [3.8, 4) is 0 Å². The molecule has 0 fully saturated rings. The van der Waals surface area contributed by atoms with Crippen LogP contribution in [0.5, 0.6) is 0 Å². The summed E-state index contributed by atoms with van der Waals surface area (Å²) in [4.78, 5) is 4.61. The average Bonchev–Trinajstić information content (AvgIpc) is 2.64. The predicted octanol–water partition coefficient (Wildman–Crippen LogP) is 5.99. The number of aliphatic imine (C=N–C) groups is 1. The van der Waals surface area contributed by atoms with Gasteiger partial charge in [0.15, 0.2) is 0 Å². The Morgan fingerprint density at radius 2 is 1.85 bits per heavy atom. The summed E-state index contributed by atoms with van der Waals surface area (Å²) in [5.74, 6) is 0.400. The predicted molar refractivity (Wildman–Crippen MR) is 108 cm³/mol. The molecular formula is C22H27F2N3. The first-order valence-electron chi connectivity index (χ1n) is 9.69. The summed E-state index contributed by atoms with van der Waals surface area (Å²) in [5, 5.41) is 6.92. The van der Waals surface area contributed by atoms with Gasteiger partial charge in [0.2, 0.25) is 0 Å². The number of anilines is 2. The second kappa shape index (κ2) is 9.49. The highest BCUT2D eigenvalue weighted by molar-refractivity contribution is 5.98. The van der Waals surface area contributed by atoms with Gasteiger partial charge in [-0.2, -0.15) is 0 Å². The van der Waals surface area contributed by atoms with Crippen LogP contribution < -0.4 is 10.6 Å². The van der Waals surface area contributed by atoms with Crippen LogP contribution in [-0.2, 0) is 6.54 Å². The van der Waals surface area contributed by atoms with Crippen molar-refractivity contribution in [1.29, 1.82) is 0 Å². The molecule has 0 saturated heterocycles. The Bertz CT molecular complexity index is 789. The Balaban J connectivity index is 1.80. The minimum absolute atomic E-state index is 0.195. The molecule has 1 heterocycles. The van der Waals surface area contributed by atoms with E-state index in [2.05, 4.69) is 28.6 Å². The zero-order valence-electron chi connectivity index (χ0n) is 15.8. The summed E-state index contributed by atoms with van der Waals surface area (Å²) >= 11 is 0. The van der Waals surface area contributed by atoms with Gasteiger partial charge >= 0.3 is 0 Å². The Kier molecular flexibility index (Phi) is 6.80. The second-order valence-electron chi connectivity index (χ2n) is 7.24. The number of hydrogen-bond donors (Lipinski definition) is 2. The standard InChI is InChI=1S/C22H27F2N3/c1-16-6-2-5-9-22(26-15-17-10-11-18(23)14-19(17)24)27-21-8-4-3-7-20(21)25-13-12-16/h3-4,7-8,10-11,14,16,25H,2,5-6,9,12-13,15H2,1H3,(H,26,27). The normalized spacial score (nSPS) is 20.0. The summed E-state index contributed by atoms with van der Waals surface area (Å²) in [6.45, 7) is 3.43. The highest BCUT2D eigenvalue weighted by Gasteiger charge is 2.10. The van der Waals surface area contributed by atoms with Crippen molar-refractivity contribution in [1.82, 2.24) is 0 Å². The van der Waals surface area contributed by atoms with E-state index < -0.39 is 11.6 Å². The number of para-hydroxylation sites is 2. The molecule has 0 radical (unpaired) electrons. The number of halogens is 2. The number of benzene rings is 2. The fraction of sp³-hybridized carbons (Fsp3) is 0.409. The third-order valence-electron chi connectivity index (χ3n) is 4.97. The summed E-state index contributed by atoms with van der Waals surface area (Å²) in [5.41, 5.74) is 2.42. The summed E-state index contributed by atoms with van der Waals surface area (Å²) in [7, 11) is 0. The fourth-order valence-electron chi connectivity index (χ4n) is 3.30. The molecule has 1 atom stereocenters. The largest absolute Gasteiger partial charge is 0.383 e. The van der Waals surface area contributed by atoms with Crippen LogP contribution in [0, 0.1) is 17.6 Å². The van der Waals surface area contributed by atoms with Crippen LogP contribution in [0.1, 0.15) is 44.6 Å². The number of hydrogen-bond acceptors (Lipinski definition) is 2. The van der Waals surface area contributed by atoms with Gasteiger partial charge in [0.05, 0.1) is 17.9 Å². The minimum atomic E-state index is -0.567. The molecule has 2 N–H and O–H groups in total. The van der Waals surface area contributed by atoms with Crippen LogP contribution in [0.2, 0.25) is 0 Å². The Morgan fingerprint density at radius 3 is 2.67 bits per heavy atom. The molecule has 27 heavy (non-hydrogen) atoms. The molecule has 0 amide bonds. The Labute approximate surface area is 159 Å². The van der Waals surface area contributed by atoms with E-state index >= 15 is 0 Å². The molecule has 2 aromatic rings. The van der Waals surface area contributed by atoms with Gasteiger partial charge in [0.1, 0.15) is 17.5 Å². The molecule has 3 nitrogen and oxygen atoms in total. The van der Waals surface area contributed by atoms with Gasteiger partial charge < -0.3 is 10.6 Å². The maximum Gasteiger partial charge on any atom is 0.131 e. The lowest BCUT2D eigenvalue weighted by Crippen LogP contribution is -2.16. The van der Waals surface area contributed by atoms with E-state index in [4.69, 9.17) is 0 Å². The topological polar surface area (TPSA) is 36.4 Å². The van der Waals surface area contributed by atoms with Crippen molar-refractivity contribution in [2.45, 2.75) is 45.6 Å². The van der Waals surface area contributed by atoms with Gasteiger partial charge in [-0.3, -0.25) is 4.99 Å². The third-order valence-corrected chi connectivity index (χ3v) is 4.97. The molecule has 5 heteroatoms. The van der Waals surface area contributed by atoms with E-state index in [1.807, 2.05) is 18.2 Å². The Hall–Kier alpha value is -2.43. The van der Waals surface area contributed by atoms with Gasteiger partial charge in [0, 0.05) is 24.6 Å². The number of amidine groups is 1. The van der Waals surface area contributed by atoms with E-state index in [-0.39, 0.29) is 6.54 Å². The number of nitrogens with one attached hydrogen (secondary N) is 2. The monoisotopic (exact) mass is 371 g/mol. The zero-order chi connectivity index (χ0) is 19.1. The number of fused-ring (bicyclic) bond motifs is 1. The maximum atomic E-state index is 13.9. The van der Waals surface area contributed by atoms with E-state index in [0.29, 0.717) is 11.5 Å². The van der Waals surface area contributed by atoms with E-state index in [1.54, 1.807) is 0 Å². The van der Waals surface area contributed by atoms with Crippen LogP contribution in [-0.4, -0.2) is 12.4 Å². The minimum Gasteiger partial charge on any atom is -0.383 e. The quantitative estimate of drug-likeness (QED) is 0.680. The lowest BCUT2D eigenvalue weighted by atomic mass is 9.99. The van der Waals surface area contributed by atoms with Gasteiger partial charge in [-0.05, 0) is 37.0 Å². The lowest BCUT2D eigenvalue weighted by molar-refractivity contribution is 0.479. The zero-order valence-corrected chi connectivity index (χ0v) is 15.8. The second-order valence-corrected chi connectivity index (χ2v) is 7.24. The van der Waals surface area contributed by atoms with Gasteiger partial charge in [-0.15, -0.1) is 0 Å².